The molecule has 0 heterocycles. The molecule has 2 atom stereocenters. The molecule has 0 fully saturated rings. The van der Waals surface area contributed by atoms with E-state index >= 15 is 0 Å². The van der Waals surface area contributed by atoms with Gasteiger partial charge in [-0.05, 0) is 25.7 Å². The smallest absolute Gasteiger partial charge is 0.305 e. The third-order valence-corrected chi connectivity index (χ3v) is 17.2. The highest BCUT2D eigenvalue weighted by Gasteiger charge is 2.20. The molecule has 0 bridgehead atoms. The molecule has 460 valence electrons. The van der Waals surface area contributed by atoms with E-state index in [0.29, 0.717) is 25.9 Å². The van der Waals surface area contributed by atoms with Crippen LogP contribution < -0.4 is 5.32 Å². The van der Waals surface area contributed by atoms with Crippen LogP contribution in [0.15, 0.2) is 0 Å². The quantitative estimate of drug-likeness (QED) is 0.0417. The summed E-state index contributed by atoms with van der Waals surface area (Å²) in [5, 5.41) is 23.3. The van der Waals surface area contributed by atoms with Crippen molar-refractivity contribution < 1.29 is 24.5 Å². The largest absolute Gasteiger partial charge is 0.466 e. The summed E-state index contributed by atoms with van der Waals surface area (Å²) in [6, 6.07) is -0.536. The second-order valence-corrected chi connectivity index (χ2v) is 24.9. The van der Waals surface area contributed by atoms with E-state index in [-0.39, 0.29) is 18.5 Å². The summed E-state index contributed by atoms with van der Waals surface area (Å²) in [6.07, 6.45) is 81.6. The van der Waals surface area contributed by atoms with Gasteiger partial charge in [0.05, 0.1) is 25.4 Å². The number of nitrogens with one attached hydrogen (secondary N) is 1. The Morgan fingerprint density at radius 1 is 0.312 bits per heavy atom. The number of hydrogen-bond acceptors (Lipinski definition) is 5. The number of unbranched alkanes of at least 4 members (excludes halogenated alkanes) is 57. The first-order valence-electron chi connectivity index (χ1n) is 35.8. The topological polar surface area (TPSA) is 95.9 Å². The van der Waals surface area contributed by atoms with Crippen molar-refractivity contribution in [3.63, 3.8) is 0 Å². The van der Waals surface area contributed by atoms with Crippen LogP contribution in [0.1, 0.15) is 418 Å². The maximum atomic E-state index is 12.5. The van der Waals surface area contributed by atoms with Gasteiger partial charge in [0.15, 0.2) is 0 Å². The third-order valence-electron chi connectivity index (χ3n) is 17.2. The van der Waals surface area contributed by atoms with E-state index in [0.717, 1.165) is 38.5 Å². The van der Waals surface area contributed by atoms with E-state index in [9.17, 15) is 19.8 Å². The molecule has 0 saturated carbocycles. The zero-order chi connectivity index (χ0) is 55.7. The molecule has 0 radical (unpaired) electrons. The van der Waals surface area contributed by atoms with E-state index in [4.69, 9.17) is 4.74 Å². The minimum absolute atomic E-state index is 0.0253. The summed E-state index contributed by atoms with van der Waals surface area (Å²) in [5.41, 5.74) is 0. The van der Waals surface area contributed by atoms with Crippen LogP contribution in [-0.2, 0) is 14.3 Å². The Morgan fingerprint density at radius 3 is 0.792 bits per heavy atom. The standard InChI is InChI=1S/C71H141NO5/c1-3-5-7-9-11-13-15-17-18-33-37-41-45-49-53-57-61-65-71(76)77-66-62-58-54-50-46-42-38-35-32-30-28-26-24-22-20-19-21-23-25-27-29-31-34-36-40-44-48-52-56-60-64-70(75)72-68(67-73)69(74)63-59-55-51-47-43-39-16-14-12-10-8-6-4-2/h68-69,73-74H,3-67H2,1-2H3,(H,72,75). The lowest BCUT2D eigenvalue weighted by Gasteiger charge is -2.22. The Bertz CT molecular complexity index is 1120. The predicted octanol–water partition coefficient (Wildman–Crippen LogP) is 23.0. The van der Waals surface area contributed by atoms with Crippen molar-refractivity contribution in [3.05, 3.63) is 0 Å². The van der Waals surface area contributed by atoms with Gasteiger partial charge in [-0.1, -0.05) is 380 Å². The number of rotatable bonds is 68. The second kappa shape index (κ2) is 67.4. The van der Waals surface area contributed by atoms with Crippen molar-refractivity contribution >= 4 is 11.9 Å². The maximum absolute atomic E-state index is 12.5. The van der Waals surface area contributed by atoms with Gasteiger partial charge in [-0.2, -0.15) is 0 Å². The van der Waals surface area contributed by atoms with Crippen molar-refractivity contribution in [3.8, 4) is 0 Å². The van der Waals surface area contributed by atoms with Crippen LogP contribution in [-0.4, -0.2) is 47.4 Å². The highest BCUT2D eigenvalue weighted by molar-refractivity contribution is 5.76. The average molecular weight is 1090 g/mol. The van der Waals surface area contributed by atoms with E-state index in [1.165, 1.54) is 347 Å². The number of ether oxygens (including phenoxy) is 1. The summed E-state index contributed by atoms with van der Waals surface area (Å²) in [6.45, 7) is 5.00. The molecular weight excluding hydrogens is 947 g/mol. The van der Waals surface area contributed by atoms with E-state index in [1.54, 1.807) is 0 Å². The minimum Gasteiger partial charge on any atom is -0.466 e. The second-order valence-electron chi connectivity index (χ2n) is 24.9. The average Bonchev–Trinajstić information content (AvgIpc) is 3.43. The molecular formula is C71H141NO5. The molecule has 0 aliphatic rings. The van der Waals surface area contributed by atoms with E-state index in [1.807, 2.05) is 0 Å². The van der Waals surface area contributed by atoms with Crippen molar-refractivity contribution in [2.24, 2.45) is 0 Å². The molecule has 1 amide bonds. The number of hydrogen-bond donors (Lipinski definition) is 3. The van der Waals surface area contributed by atoms with E-state index < -0.39 is 12.1 Å². The highest BCUT2D eigenvalue weighted by Crippen LogP contribution is 2.20. The van der Waals surface area contributed by atoms with Crippen LogP contribution in [0.3, 0.4) is 0 Å². The van der Waals surface area contributed by atoms with Crippen molar-refractivity contribution in [2.75, 3.05) is 13.2 Å². The molecule has 77 heavy (non-hydrogen) atoms. The molecule has 0 rings (SSSR count). The van der Waals surface area contributed by atoms with Crippen LogP contribution in [0, 0.1) is 0 Å². The Kier molecular flexibility index (Phi) is 66.4. The Labute approximate surface area is 483 Å². The van der Waals surface area contributed by atoms with Gasteiger partial charge in [0.25, 0.3) is 0 Å². The molecule has 0 aromatic rings. The first-order chi connectivity index (χ1) is 38.0. The number of carbonyl (C=O) groups is 2. The van der Waals surface area contributed by atoms with Gasteiger partial charge in [0.2, 0.25) is 5.91 Å². The fraction of sp³-hybridized carbons (Fsp3) is 0.972. The fourth-order valence-corrected chi connectivity index (χ4v) is 11.7. The Morgan fingerprint density at radius 2 is 0.532 bits per heavy atom. The number of esters is 1. The Balaban J connectivity index is 3.29. The molecule has 0 saturated heterocycles. The Hall–Kier alpha value is -1.14. The zero-order valence-corrected chi connectivity index (χ0v) is 52.7. The molecule has 6 heteroatoms. The summed E-state index contributed by atoms with van der Waals surface area (Å²) >= 11 is 0. The van der Waals surface area contributed by atoms with Gasteiger partial charge in [-0.3, -0.25) is 9.59 Å². The van der Waals surface area contributed by atoms with Gasteiger partial charge in [-0.15, -0.1) is 0 Å². The van der Waals surface area contributed by atoms with Crippen molar-refractivity contribution in [1.29, 1.82) is 0 Å². The number of aliphatic hydroxyl groups is 2. The molecule has 3 N–H and O–H groups in total. The van der Waals surface area contributed by atoms with Gasteiger partial charge < -0.3 is 20.3 Å². The van der Waals surface area contributed by atoms with Crippen LogP contribution >= 0.6 is 0 Å². The normalized spacial score (nSPS) is 12.4. The molecule has 2 unspecified atom stereocenters. The van der Waals surface area contributed by atoms with Crippen molar-refractivity contribution in [1.82, 2.24) is 5.32 Å². The zero-order valence-electron chi connectivity index (χ0n) is 52.7. The van der Waals surface area contributed by atoms with E-state index in [2.05, 4.69) is 19.2 Å². The highest BCUT2D eigenvalue weighted by atomic mass is 16.5. The minimum atomic E-state index is -0.659. The first-order valence-corrected chi connectivity index (χ1v) is 35.8. The molecule has 0 aliphatic heterocycles. The monoisotopic (exact) mass is 1090 g/mol. The lowest BCUT2D eigenvalue weighted by molar-refractivity contribution is -0.143. The molecule has 0 aromatic heterocycles. The van der Waals surface area contributed by atoms with Crippen LogP contribution in [0.2, 0.25) is 0 Å². The van der Waals surface area contributed by atoms with Gasteiger partial charge in [-0.25, -0.2) is 0 Å². The number of carbonyl (C=O) groups excluding carboxylic acids is 2. The molecule has 0 spiro atoms. The number of aliphatic hydroxyl groups excluding tert-OH is 2. The van der Waals surface area contributed by atoms with Crippen LogP contribution in [0.5, 0.6) is 0 Å². The van der Waals surface area contributed by atoms with Crippen LogP contribution in [0.4, 0.5) is 0 Å². The lowest BCUT2D eigenvalue weighted by atomic mass is 10.0. The summed E-state index contributed by atoms with van der Waals surface area (Å²) in [4.78, 5) is 24.6. The summed E-state index contributed by atoms with van der Waals surface area (Å²) < 4.78 is 5.51. The molecule has 0 aromatic carbocycles. The predicted molar refractivity (Wildman–Crippen MR) is 338 cm³/mol. The third kappa shape index (κ3) is 63.9. The fourth-order valence-electron chi connectivity index (χ4n) is 11.7. The summed E-state index contributed by atoms with van der Waals surface area (Å²) in [5.74, 6) is -0.00287. The van der Waals surface area contributed by atoms with Crippen LogP contribution in [0.25, 0.3) is 0 Å². The molecule has 6 nitrogen and oxygen atoms in total. The summed E-state index contributed by atoms with van der Waals surface area (Å²) in [7, 11) is 0. The lowest BCUT2D eigenvalue weighted by Crippen LogP contribution is -2.45. The van der Waals surface area contributed by atoms with Gasteiger partial charge in [0, 0.05) is 12.8 Å². The SMILES string of the molecule is CCCCCCCCCCCCCCCCCCCC(=O)OCCCCCCCCCCCCCCCCCCCCCCCCCCCCCCCCC(=O)NC(CO)C(O)CCCCCCCCCCCCCCC. The number of amides is 1. The van der Waals surface area contributed by atoms with Crippen molar-refractivity contribution in [2.45, 2.75) is 431 Å². The molecule has 0 aliphatic carbocycles. The maximum Gasteiger partial charge on any atom is 0.305 e. The van der Waals surface area contributed by atoms with Gasteiger partial charge >= 0.3 is 5.97 Å². The van der Waals surface area contributed by atoms with Gasteiger partial charge in [0.1, 0.15) is 0 Å². The first kappa shape index (κ1) is 75.9.